The van der Waals surface area contributed by atoms with Gasteiger partial charge in [-0.15, -0.1) is 0 Å². The van der Waals surface area contributed by atoms with Crippen LogP contribution in [0.4, 0.5) is 0 Å². The standard InChI is InChI=1S/C10H18N2O2Si/c1-4-14-10-8-6-15(2,3)7-12(8)9(13)5-11-10/h8H,4-7H2,1-3H3/t8-/m1/s1. The van der Waals surface area contributed by atoms with E-state index in [9.17, 15) is 4.79 Å². The molecule has 2 rings (SSSR count). The molecule has 0 aliphatic carbocycles. The van der Waals surface area contributed by atoms with Gasteiger partial charge in [-0.1, -0.05) is 13.1 Å². The van der Waals surface area contributed by atoms with Gasteiger partial charge in [0, 0.05) is 6.17 Å². The zero-order valence-corrected chi connectivity index (χ0v) is 10.6. The minimum Gasteiger partial charge on any atom is -0.480 e. The molecule has 4 nitrogen and oxygen atoms in total. The van der Waals surface area contributed by atoms with Crippen LogP contribution < -0.4 is 0 Å². The second-order valence-electron chi connectivity index (χ2n) is 4.99. The lowest BCUT2D eigenvalue weighted by Crippen LogP contribution is -2.46. The number of hydrogen-bond donors (Lipinski definition) is 0. The van der Waals surface area contributed by atoms with Crippen LogP contribution in [0.2, 0.25) is 19.1 Å². The van der Waals surface area contributed by atoms with Crippen molar-refractivity contribution in [2.75, 3.05) is 19.3 Å². The van der Waals surface area contributed by atoms with Crippen molar-refractivity contribution in [2.45, 2.75) is 32.1 Å². The fraction of sp³-hybridized carbons (Fsp3) is 0.800. The minimum absolute atomic E-state index is 0.146. The average molecular weight is 226 g/mol. The maximum Gasteiger partial charge on any atom is 0.244 e. The van der Waals surface area contributed by atoms with Crippen molar-refractivity contribution in [2.24, 2.45) is 4.99 Å². The summed E-state index contributed by atoms with van der Waals surface area (Å²) in [6, 6.07) is 1.24. The Hall–Kier alpha value is -0.843. The number of carbonyl (C=O) groups excluding carboxylic acids is 1. The van der Waals surface area contributed by atoms with E-state index < -0.39 is 8.07 Å². The highest BCUT2D eigenvalue weighted by molar-refractivity contribution is 6.79. The lowest BCUT2D eigenvalue weighted by molar-refractivity contribution is -0.130. The van der Waals surface area contributed by atoms with Gasteiger partial charge in [0.25, 0.3) is 0 Å². The van der Waals surface area contributed by atoms with Gasteiger partial charge in [-0.3, -0.25) is 4.79 Å². The van der Waals surface area contributed by atoms with E-state index in [2.05, 4.69) is 18.1 Å². The number of hydrogen-bond acceptors (Lipinski definition) is 3. The predicted octanol–water partition coefficient (Wildman–Crippen LogP) is 0.893. The first-order valence-electron chi connectivity index (χ1n) is 5.50. The Kier molecular flexibility index (Phi) is 2.58. The monoisotopic (exact) mass is 226 g/mol. The molecular formula is C10H18N2O2Si. The summed E-state index contributed by atoms with van der Waals surface area (Å²) in [6.07, 6.45) is 0.961. The van der Waals surface area contributed by atoms with Gasteiger partial charge in [0.15, 0.2) is 0 Å². The molecular weight excluding hydrogens is 208 g/mol. The molecule has 2 aliphatic heterocycles. The molecule has 0 unspecified atom stereocenters. The second kappa shape index (κ2) is 3.63. The van der Waals surface area contributed by atoms with E-state index in [0.29, 0.717) is 6.61 Å². The van der Waals surface area contributed by atoms with E-state index in [1.54, 1.807) is 0 Å². The van der Waals surface area contributed by atoms with E-state index in [0.717, 1.165) is 18.1 Å². The molecule has 0 N–H and O–H groups in total. The number of nitrogens with zero attached hydrogens (tertiary/aromatic N) is 2. The zero-order valence-electron chi connectivity index (χ0n) is 9.62. The molecule has 5 heteroatoms. The molecule has 0 radical (unpaired) electrons. The lowest BCUT2D eigenvalue weighted by Gasteiger charge is -2.28. The summed E-state index contributed by atoms with van der Waals surface area (Å²) >= 11 is 0. The summed E-state index contributed by atoms with van der Waals surface area (Å²) in [4.78, 5) is 17.9. The average Bonchev–Trinajstić information content (AvgIpc) is 2.47. The van der Waals surface area contributed by atoms with E-state index in [-0.39, 0.29) is 18.5 Å². The van der Waals surface area contributed by atoms with Crippen molar-refractivity contribution < 1.29 is 9.53 Å². The van der Waals surface area contributed by atoms with Gasteiger partial charge in [-0.05, 0) is 13.0 Å². The topological polar surface area (TPSA) is 41.9 Å². The van der Waals surface area contributed by atoms with Gasteiger partial charge < -0.3 is 9.64 Å². The fourth-order valence-electron chi connectivity index (χ4n) is 2.38. The highest BCUT2D eigenvalue weighted by Crippen LogP contribution is 2.29. The Morgan fingerprint density at radius 2 is 2.33 bits per heavy atom. The predicted molar refractivity (Wildman–Crippen MR) is 61.7 cm³/mol. The van der Waals surface area contributed by atoms with Crippen molar-refractivity contribution in [1.29, 1.82) is 0 Å². The van der Waals surface area contributed by atoms with E-state index in [1.165, 1.54) is 0 Å². The number of carbonyl (C=O) groups is 1. The Balaban J connectivity index is 2.21. The van der Waals surface area contributed by atoms with Gasteiger partial charge in [0.2, 0.25) is 11.8 Å². The molecule has 0 spiro atoms. The maximum absolute atomic E-state index is 11.7. The van der Waals surface area contributed by atoms with Crippen LogP contribution >= 0.6 is 0 Å². The SMILES string of the molecule is CCOC1=NCC(=O)N2C[Si](C)(C)C[C@H]12. The molecule has 2 aliphatic rings. The van der Waals surface area contributed by atoms with Crippen LogP contribution in [0.5, 0.6) is 0 Å². The van der Waals surface area contributed by atoms with Crippen molar-refractivity contribution >= 4 is 19.9 Å². The summed E-state index contributed by atoms with van der Waals surface area (Å²) < 4.78 is 5.52. The first-order chi connectivity index (χ1) is 7.03. The molecule has 1 fully saturated rings. The minimum atomic E-state index is -1.24. The second-order valence-corrected chi connectivity index (χ2v) is 10.0. The third kappa shape index (κ3) is 1.93. The molecule has 15 heavy (non-hydrogen) atoms. The van der Waals surface area contributed by atoms with Crippen LogP contribution in [0.3, 0.4) is 0 Å². The summed E-state index contributed by atoms with van der Waals surface area (Å²) in [7, 11) is -1.24. The molecule has 84 valence electrons. The van der Waals surface area contributed by atoms with Gasteiger partial charge in [-0.2, -0.15) is 0 Å². The molecule has 0 aromatic carbocycles. The number of rotatable bonds is 1. The number of aliphatic imine (C=N–C) groups is 1. The van der Waals surface area contributed by atoms with Gasteiger partial charge in [-0.25, -0.2) is 4.99 Å². The van der Waals surface area contributed by atoms with Gasteiger partial charge in [0.1, 0.15) is 12.6 Å². The normalized spacial score (nSPS) is 28.7. The number of ether oxygens (including phenoxy) is 1. The Morgan fingerprint density at radius 3 is 3.00 bits per heavy atom. The molecule has 0 aromatic rings. The van der Waals surface area contributed by atoms with Gasteiger partial charge in [0.05, 0.1) is 14.7 Å². The van der Waals surface area contributed by atoms with E-state index in [1.807, 2.05) is 11.8 Å². The first-order valence-corrected chi connectivity index (χ1v) is 8.91. The van der Waals surface area contributed by atoms with Crippen LogP contribution in [0.1, 0.15) is 6.92 Å². The van der Waals surface area contributed by atoms with Crippen LogP contribution in [-0.2, 0) is 9.53 Å². The van der Waals surface area contributed by atoms with Crippen LogP contribution in [0.15, 0.2) is 4.99 Å². The summed E-state index contributed by atoms with van der Waals surface area (Å²) in [5, 5.41) is 0. The van der Waals surface area contributed by atoms with E-state index >= 15 is 0 Å². The smallest absolute Gasteiger partial charge is 0.244 e. The molecule has 2 heterocycles. The van der Waals surface area contributed by atoms with Crippen molar-refractivity contribution in [1.82, 2.24) is 4.90 Å². The van der Waals surface area contributed by atoms with Crippen molar-refractivity contribution in [3.05, 3.63) is 0 Å². The Morgan fingerprint density at radius 1 is 1.60 bits per heavy atom. The molecule has 0 aromatic heterocycles. The highest BCUT2D eigenvalue weighted by Gasteiger charge is 2.45. The first kappa shape index (κ1) is 10.7. The third-order valence-electron chi connectivity index (χ3n) is 2.99. The Labute approximate surface area is 91.3 Å². The van der Waals surface area contributed by atoms with Crippen molar-refractivity contribution in [3.63, 3.8) is 0 Å². The van der Waals surface area contributed by atoms with Crippen LogP contribution in [0.25, 0.3) is 0 Å². The maximum atomic E-state index is 11.7. The summed E-state index contributed by atoms with van der Waals surface area (Å²) in [5.74, 6) is 0.955. The third-order valence-corrected chi connectivity index (χ3v) is 5.68. The molecule has 0 saturated carbocycles. The number of amides is 1. The fourth-order valence-corrected chi connectivity index (χ4v) is 5.27. The molecule has 1 atom stereocenters. The van der Waals surface area contributed by atoms with Crippen LogP contribution in [-0.4, -0.2) is 50.1 Å². The van der Waals surface area contributed by atoms with Crippen molar-refractivity contribution in [3.8, 4) is 0 Å². The van der Waals surface area contributed by atoms with E-state index in [4.69, 9.17) is 4.74 Å². The largest absolute Gasteiger partial charge is 0.480 e. The quantitative estimate of drug-likeness (QED) is 0.623. The molecule has 0 bridgehead atoms. The molecule has 1 saturated heterocycles. The number of fused-ring (bicyclic) bond motifs is 1. The molecule has 1 amide bonds. The summed E-state index contributed by atoms with van der Waals surface area (Å²) in [5.41, 5.74) is 0. The summed E-state index contributed by atoms with van der Waals surface area (Å²) in [6.45, 7) is 7.51. The van der Waals surface area contributed by atoms with Crippen LogP contribution in [0, 0.1) is 0 Å². The zero-order chi connectivity index (χ0) is 11.1. The lowest BCUT2D eigenvalue weighted by atomic mass is 10.2. The highest BCUT2D eigenvalue weighted by atomic mass is 28.3. The Bertz CT molecular complexity index is 315. The van der Waals surface area contributed by atoms with Gasteiger partial charge >= 0.3 is 0 Å².